The van der Waals surface area contributed by atoms with E-state index < -0.39 is 30.1 Å². The zero-order valence-corrected chi connectivity index (χ0v) is 20.7. The summed E-state index contributed by atoms with van der Waals surface area (Å²) in [6.07, 6.45) is 4.40. The van der Waals surface area contributed by atoms with Crippen LogP contribution in [0.25, 0.3) is 0 Å². The second-order valence-corrected chi connectivity index (χ2v) is 9.87. The smallest absolute Gasteiger partial charge is 0.304 e. The van der Waals surface area contributed by atoms with Crippen molar-refractivity contribution in [1.29, 1.82) is 0 Å². The predicted molar refractivity (Wildman–Crippen MR) is 123 cm³/mol. The van der Waals surface area contributed by atoms with Crippen molar-refractivity contribution in [3.63, 3.8) is 0 Å². The minimum Gasteiger partial charge on any atom is -0.458 e. The van der Waals surface area contributed by atoms with Gasteiger partial charge < -0.3 is 23.7 Å². The zero-order valence-electron chi connectivity index (χ0n) is 20.7. The average Bonchev–Trinajstić information content (AvgIpc) is 3.06. The van der Waals surface area contributed by atoms with Crippen molar-refractivity contribution in [2.75, 3.05) is 14.2 Å². The molecule has 33 heavy (non-hydrogen) atoms. The fourth-order valence-corrected chi connectivity index (χ4v) is 6.43. The Morgan fingerprint density at radius 2 is 1.85 bits per heavy atom. The first kappa shape index (κ1) is 25.7. The molecule has 1 saturated heterocycles. The Balaban J connectivity index is 2.21. The van der Waals surface area contributed by atoms with E-state index in [2.05, 4.69) is 27.0 Å². The number of esters is 2. The minimum absolute atomic E-state index is 0.0647. The third kappa shape index (κ3) is 4.31. The van der Waals surface area contributed by atoms with E-state index in [1.807, 2.05) is 6.08 Å². The maximum atomic E-state index is 12.1. The van der Waals surface area contributed by atoms with Gasteiger partial charge in [0.2, 0.25) is 6.29 Å². The van der Waals surface area contributed by atoms with Gasteiger partial charge in [0.25, 0.3) is 0 Å². The van der Waals surface area contributed by atoms with Crippen molar-refractivity contribution in [3.05, 3.63) is 36.5 Å². The van der Waals surface area contributed by atoms with Crippen molar-refractivity contribution >= 4 is 11.9 Å². The number of carbonyl (C=O) groups excluding carboxylic acids is 2. The highest BCUT2D eigenvalue weighted by Gasteiger charge is 2.71. The average molecular weight is 463 g/mol. The van der Waals surface area contributed by atoms with Crippen molar-refractivity contribution in [2.45, 2.75) is 78.2 Å². The van der Waals surface area contributed by atoms with Gasteiger partial charge in [-0.1, -0.05) is 38.7 Å². The van der Waals surface area contributed by atoms with Crippen LogP contribution in [0.5, 0.6) is 0 Å². The van der Waals surface area contributed by atoms with Gasteiger partial charge in [-0.3, -0.25) is 9.59 Å². The summed E-state index contributed by atoms with van der Waals surface area (Å²) in [6.45, 7) is 15.3. The van der Waals surface area contributed by atoms with Crippen LogP contribution in [0.1, 0.15) is 53.4 Å². The highest BCUT2D eigenvalue weighted by Crippen LogP contribution is 2.67. The first-order valence-corrected chi connectivity index (χ1v) is 11.6. The molecule has 1 aliphatic heterocycles. The summed E-state index contributed by atoms with van der Waals surface area (Å²) in [4.78, 5) is 24.0. The first-order valence-electron chi connectivity index (χ1n) is 11.6. The summed E-state index contributed by atoms with van der Waals surface area (Å²) in [5.74, 6) is -0.554. The van der Waals surface area contributed by atoms with Gasteiger partial charge in [0.05, 0.1) is 11.5 Å². The van der Waals surface area contributed by atoms with E-state index in [0.717, 1.165) is 30.4 Å². The maximum Gasteiger partial charge on any atom is 0.304 e. The molecule has 0 aromatic carbocycles. The Morgan fingerprint density at radius 3 is 2.39 bits per heavy atom. The summed E-state index contributed by atoms with van der Waals surface area (Å²) in [6, 6.07) is 0. The van der Waals surface area contributed by atoms with Crippen molar-refractivity contribution in [1.82, 2.24) is 0 Å². The molecule has 2 fully saturated rings. The molecule has 7 heteroatoms. The van der Waals surface area contributed by atoms with Gasteiger partial charge in [0, 0.05) is 33.6 Å². The largest absolute Gasteiger partial charge is 0.458 e. The molecule has 1 spiro atoms. The van der Waals surface area contributed by atoms with Crippen LogP contribution in [0.2, 0.25) is 0 Å². The molecule has 1 saturated carbocycles. The maximum absolute atomic E-state index is 12.1. The van der Waals surface area contributed by atoms with E-state index in [4.69, 9.17) is 23.7 Å². The molecule has 2 aliphatic carbocycles. The molecular weight excluding hydrogens is 424 g/mol. The van der Waals surface area contributed by atoms with E-state index >= 15 is 0 Å². The minimum atomic E-state index is -0.867. The van der Waals surface area contributed by atoms with Gasteiger partial charge >= 0.3 is 11.9 Å². The topological polar surface area (TPSA) is 80.3 Å². The number of carbonyl (C=O) groups is 2. The van der Waals surface area contributed by atoms with E-state index in [9.17, 15) is 9.59 Å². The molecule has 184 valence electrons. The molecule has 0 bridgehead atoms. The monoisotopic (exact) mass is 462 g/mol. The zero-order chi connectivity index (χ0) is 24.6. The van der Waals surface area contributed by atoms with Crippen molar-refractivity contribution in [3.8, 4) is 0 Å². The number of ether oxygens (including phenoxy) is 5. The molecule has 0 aromatic rings. The first-order chi connectivity index (χ1) is 15.5. The molecule has 3 rings (SSSR count). The quantitative estimate of drug-likeness (QED) is 0.302. The normalized spacial score (nSPS) is 39.6. The van der Waals surface area contributed by atoms with Gasteiger partial charge in [0.15, 0.2) is 6.29 Å². The molecule has 0 amide bonds. The number of allylic oxidation sites excluding steroid dienone is 2. The second kappa shape index (κ2) is 9.72. The fourth-order valence-electron chi connectivity index (χ4n) is 6.43. The number of rotatable bonds is 8. The van der Waals surface area contributed by atoms with Crippen LogP contribution in [-0.2, 0) is 33.3 Å². The Morgan fingerprint density at radius 1 is 1.18 bits per heavy atom. The predicted octanol–water partition coefficient (Wildman–Crippen LogP) is 4.33. The van der Waals surface area contributed by atoms with E-state index in [0.29, 0.717) is 6.42 Å². The third-order valence-electron chi connectivity index (χ3n) is 8.19. The number of hydrogen-bond donors (Lipinski definition) is 0. The standard InChI is InChI=1S/C26H38O7/c1-9-15(2)10-11-25(6)16(3)12-22(29-7)26-20(13-19(14-21(25)26)31-17(4)27)23(30-8)33-24(26)32-18(5)28/h9,13,16,19,21-24H,1-2,10-12,14H2,3-8H3/t16-,19-,21-,22+,23-,24+,25+,26+/m0/s1. The highest BCUT2D eigenvalue weighted by molar-refractivity contribution is 5.67. The van der Waals surface area contributed by atoms with Crippen LogP contribution >= 0.6 is 0 Å². The summed E-state index contributed by atoms with van der Waals surface area (Å²) < 4.78 is 29.5. The van der Waals surface area contributed by atoms with Crippen LogP contribution in [0, 0.1) is 22.7 Å². The molecule has 0 unspecified atom stereocenters. The van der Waals surface area contributed by atoms with Crippen molar-refractivity contribution < 1.29 is 33.3 Å². The van der Waals surface area contributed by atoms with Gasteiger partial charge in [0.1, 0.15) is 6.10 Å². The summed E-state index contributed by atoms with van der Waals surface area (Å²) in [7, 11) is 3.24. The SMILES string of the molecule is C=CC(=C)CC[C@]1(C)[C@@H](C)C[C@@H](OC)[C@@]23C(=C[C@H](OC(C)=O)C[C@@H]12)[C@@H](OC)O[C@H]3OC(C)=O. The van der Waals surface area contributed by atoms with Crippen molar-refractivity contribution in [2.24, 2.45) is 22.7 Å². The van der Waals surface area contributed by atoms with Crippen LogP contribution in [0.3, 0.4) is 0 Å². The van der Waals surface area contributed by atoms with Crippen LogP contribution < -0.4 is 0 Å². The lowest BCUT2D eigenvalue weighted by Crippen LogP contribution is -2.63. The Hall–Kier alpha value is -1.96. The summed E-state index contributed by atoms with van der Waals surface area (Å²) in [5, 5.41) is 0. The Kier molecular flexibility index (Phi) is 7.56. The van der Waals surface area contributed by atoms with E-state index in [1.54, 1.807) is 20.3 Å². The number of hydrogen-bond acceptors (Lipinski definition) is 7. The van der Waals surface area contributed by atoms with Crippen LogP contribution in [-0.4, -0.2) is 50.9 Å². The Labute approximate surface area is 197 Å². The molecule has 0 N–H and O–H groups in total. The lowest BCUT2D eigenvalue weighted by atomic mass is 9.45. The van der Waals surface area contributed by atoms with Gasteiger partial charge in [-0.25, -0.2) is 0 Å². The lowest BCUT2D eigenvalue weighted by Gasteiger charge is -2.61. The molecule has 1 heterocycles. The van der Waals surface area contributed by atoms with E-state index in [-0.39, 0.29) is 29.3 Å². The van der Waals surface area contributed by atoms with Gasteiger partial charge in [-0.2, -0.15) is 0 Å². The lowest BCUT2D eigenvalue weighted by molar-refractivity contribution is -0.258. The molecule has 0 radical (unpaired) electrons. The third-order valence-corrected chi connectivity index (χ3v) is 8.19. The van der Waals surface area contributed by atoms with Gasteiger partial charge in [-0.05, 0) is 49.0 Å². The number of methoxy groups -OCH3 is 2. The molecule has 3 aliphatic rings. The molecule has 7 nitrogen and oxygen atoms in total. The molecule has 0 aromatic heterocycles. The highest BCUT2D eigenvalue weighted by atomic mass is 16.8. The van der Waals surface area contributed by atoms with Crippen LogP contribution in [0.15, 0.2) is 36.5 Å². The summed E-state index contributed by atoms with van der Waals surface area (Å²) in [5.41, 5.74) is 0.840. The summed E-state index contributed by atoms with van der Waals surface area (Å²) >= 11 is 0. The Bertz CT molecular complexity index is 832. The molecule has 8 atom stereocenters. The second-order valence-electron chi connectivity index (χ2n) is 9.87. The van der Waals surface area contributed by atoms with E-state index in [1.165, 1.54) is 13.8 Å². The molecular formula is C26H38O7. The van der Waals surface area contributed by atoms with Gasteiger partial charge in [-0.15, -0.1) is 0 Å². The van der Waals surface area contributed by atoms with Crippen LogP contribution in [0.4, 0.5) is 0 Å². The fraction of sp³-hybridized carbons (Fsp3) is 0.692.